The van der Waals surface area contributed by atoms with Gasteiger partial charge in [-0.25, -0.2) is 4.98 Å². The van der Waals surface area contributed by atoms with Crippen LogP contribution in [-0.4, -0.2) is 87.1 Å². The molecule has 32 heavy (non-hydrogen) atoms. The van der Waals surface area contributed by atoms with Crippen LogP contribution < -0.4 is 15.5 Å². The lowest BCUT2D eigenvalue weighted by Crippen LogP contribution is -2.60. The van der Waals surface area contributed by atoms with Crippen LogP contribution in [0.5, 0.6) is 0 Å². The third-order valence-electron chi connectivity index (χ3n) is 7.11. The van der Waals surface area contributed by atoms with Gasteiger partial charge in [0, 0.05) is 58.1 Å². The quantitative estimate of drug-likeness (QED) is 0.514. The number of aromatic nitrogens is 1. The van der Waals surface area contributed by atoms with Crippen LogP contribution in [0.2, 0.25) is 0 Å². The van der Waals surface area contributed by atoms with Gasteiger partial charge in [0.05, 0.1) is 25.9 Å². The Morgan fingerprint density at radius 1 is 1.12 bits per heavy atom. The number of rotatable bonds is 6. The molecule has 8 nitrogen and oxygen atoms in total. The second-order valence-electron chi connectivity index (χ2n) is 9.32. The molecule has 1 saturated carbocycles. The number of morpholine rings is 2. The number of anilines is 1. The fraction of sp³-hybridized carbons (Fsp3) is 0.750. The predicted molar refractivity (Wildman–Crippen MR) is 128 cm³/mol. The van der Waals surface area contributed by atoms with Gasteiger partial charge in [-0.2, -0.15) is 0 Å². The van der Waals surface area contributed by atoms with Gasteiger partial charge in [-0.15, -0.1) is 0 Å². The summed E-state index contributed by atoms with van der Waals surface area (Å²) in [6.07, 6.45) is 8.70. The summed E-state index contributed by atoms with van der Waals surface area (Å²) in [5.41, 5.74) is 1.37. The molecule has 0 amide bonds. The summed E-state index contributed by atoms with van der Waals surface area (Å²) in [5.74, 6) is 1.88. The van der Waals surface area contributed by atoms with E-state index in [-0.39, 0.29) is 11.6 Å². The molecular weight excluding hydrogens is 404 g/mol. The minimum absolute atomic E-state index is 0.220. The van der Waals surface area contributed by atoms with E-state index in [4.69, 9.17) is 9.47 Å². The summed E-state index contributed by atoms with van der Waals surface area (Å²) < 4.78 is 11.2. The molecule has 0 bridgehead atoms. The number of nitrogens with one attached hydrogen (secondary N) is 2. The summed E-state index contributed by atoms with van der Waals surface area (Å²) in [4.78, 5) is 14.1. The lowest BCUT2D eigenvalue weighted by Gasteiger charge is -2.48. The monoisotopic (exact) mass is 444 g/mol. The summed E-state index contributed by atoms with van der Waals surface area (Å²) in [5, 5.41) is 7.10. The molecule has 2 saturated heterocycles. The van der Waals surface area contributed by atoms with Crippen molar-refractivity contribution < 1.29 is 9.47 Å². The smallest absolute Gasteiger partial charge is 0.191 e. The van der Waals surface area contributed by atoms with Crippen molar-refractivity contribution in [3.05, 3.63) is 23.9 Å². The zero-order valence-corrected chi connectivity index (χ0v) is 19.8. The minimum atomic E-state index is 0.220. The van der Waals surface area contributed by atoms with Gasteiger partial charge < -0.3 is 25.0 Å². The Hall–Kier alpha value is -1.90. The van der Waals surface area contributed by atoms with Crippen LogP contribution in [0, 0.1) is 0 Å². The maximum absolute atomic E-state index is 5.63. The van der Waals surface area contributed by atoms with Crippen molar-refractivity contribution >= 4 is 11.8 Å². The molecule has 8 heteroatoms. The van der Waals surface area contributed by atoms with Crippen LogP contribution in [-0.2, 0) is 16.0 Å². The second kappa shape index (κ2) is 11.3. The van der Waals surface area contributed by atoms with E-state index in [9.17, 15) is 0 Å². The molecule has 4 rings (SSSR count). The maximum Gasteiger partial charge on any atom is 0.191 e. The molecule has 1 aromatic rings. The molecule has 1 aliphatic carbocycles. The normalized spacial score (nSPS) is 24.9. The second-order valence-corrected chi connectivity index (χ2v) is 9.32. The van der Waals surface area contributed by atoms with Crippen LogP contribution in [0.15, 0.2) is 23.3 Å². The van der Waals surface area contributed by atoms with Crippen LogP contribution in [0.25, 0.3) is 0 Å². The third kappa shape index (κ3) is 5.91. The first-order valence-electron chi connectivity index (χ1n) is 12.3. The molecule has 2 aliphatic heterocycles. The Morgan fingerprint density at radius 3 is 2.62 bits per heavy atom. The Bertz CT molecular complexity index is 729. The van der Waals surface area contributed by atoms with Crippen molar-refractivity contribution in [3.8, 4) is 0 Å². The highest BCUT2D eigenvalue weighted by atomic mass is 16.5. The Morgan fingerprint density at radius 2 is 1.94 bits per heavy atom. The van der Waals surface area contributed by atoms with Gasteiger partial charge >= 0.3 is 0 Å². The van der Waals surface area contributed by atoms with Gasteiger partial charge in [0.1, 0.15) is 5.82 Å². The summed E-state index contributed by atoms with van der Waals surface area (Å²) in [7, 11) is 1.85. The van der Waals surface area contributed by atoms with Crippen molar-refractivity contribution in [1.82, 2.24) is 20.5 Å². The fourth-order valence-corrected chi connectivity index (χ4v) is 5.24. The SMILES string of the molecule is CN=C(NCc1ccc(N2CCOC(C)C2)nc1)NCC1(N2CCOCC2)CCCCC1. The van der Waals surface area contributed by atoms with Crippen molar-refractivity contribution in [2.24, 2.45) is 4.99 Å². The van der Waals surface area contributed by atoms with E-state index in [1.807, 2.05) is 13.2 Å². The summed E-state index contributed by atoms with van der Waals surface area (Å²) in [6, 6.07) is 4.26. The zero-order chi connectivity index (χ0) is 22.2. The third-order valence-corrected chi connectivity index (χ3v) is 7.11. The Kier molecular flexibility index (Phi) is 8.21. The lowest BCUT2D eigenvalue weighted by molar-refractivity contribution is -0.0352. The molecular formula is C24H40N6O2. The fourth-order valence-electron chi connectivity index (χ4n) is 5.24. The molecule has 3 fully saturated rings. The van der Waals surface area contributed by atoms with E-state index in [0.717, 1.165) is 69.9 Å². The summed E-state index contributed by atoms with van der Waals surface area (Å²) >= 11 is 0. The van der Waals surface area contributed by atoms with Crippen molar-refractivity contribution in [3.63, 3.8) is 0 Å². The predicted octanol–water partition coefficient (Wildman–Crippen LogP) is 2.01. The van der Waals surface area contributed by atoms with Gasteiger partial charge in [-0.1, -0.05) is 25.3 Å². The molecule has 3 heterocycles. The number of guanidine groups is 1. The van der Waals surface area contributed by atoms with Crippen LogP contribution in [0.4, 0.5) is 5.82 Å². The molecule has 0 spiro atoms. The topological polar surface area (TPSA) is 74.2 Å². The zero-order valence-electron chi connectivity index (χ0n) is 19.8. The highest BCUT2D eigenvalue weighted by Gasteiger charge is 2.38. The molecule has 1 atom stereocenters. The Balaban J connectivity index is 1.29. The highest BCUT2D eigenvalue weighted by Crippen LogP contribution is 2.33. The molecule has 3 aliphatic rings. The highest BCUT2D eigenvalue weighted by molar-refractivity contribution is 5.79. The van der Waals surface area contributed by atoms with E-state index in [2.05, 4.69) is 49.5 Å². The number of nitrogens with zero attached hydrogens (tertiary/aromatic N) is 4. The van der Waals surface area contributed by atoms with Gasteiger partial charge in [0.25, 0.3) is 0 Å². The van der Waals surface area contributed by atoms with E-state index < -0.39 is 0 Å². The van der Waals surface area contributed by atoms with E-state index in [0.29, 0.717) is 6.54 Å². The van der Waals surface area contributed by atoms with E-state index in [1.54, 1.807) is 0 Å². The summed E-state index contributed by atoms with van der Waals surface area (Å²) in [6.45, 7) is 10.1. The Labute approximate surface area is 192 Å². The van der Waals surface area contributed by atoms with Gasteiger partial charge in [-0.3, -0.25) is 9.89 Å². The standard InChI is InChI=1S/C24H40N6O2/c1-20-18-29(10-15-32-20)22-7-6-21(16-26-22)17-27-23(25-2)28-19-24(8-4-3-5-9-24)30-11-13-31-14-12-30/h6-7,16,20H,3-5,8-15,17-19H2,1-2H3,(H2,25,27,28). The molecule has 1 aromatic heterocycles. The first-order valence-corrected chi connectivity index (χ1v) is 12.3. The minimum Gasteiger partial charge on any atom is -0.379 e. The van der Waals surface area contributed by atoms with E-state index >= 15 is 0 Å². The number of aliphatic imine (C=N–C) groups is 1. The van der Waals surface area contributed by atoms with Gasteiger partial charge in [-0.05, 0) is 31.4 Å². The van der Waals surface area contributed by atoms with Crippen molar-refractivity contribution in [2.45, 2.75) is 57.2 Å². The van der Waals surface area contributed by atoms with E-state index in [1.165, 1.54) is 32.1 Å². The average Bonchev–Trinajstić information content (AvgIpc) is 2.85. The van der Waals surface area contributed by atoms with Crippen LogP contribution >= 0.6 is 0 Å². The largest absolute Gasteiger partial charge is 0.379 e. The van der Waals surface area contributed by atoms with Crippen molar-refractivity contribution in [2.75, 3.05) is 64.5 Å². The van der Waals surface area contributed by atoms with Crippen LogP contribution in [0.1, 0.15) is 44.6 Å². The average molecular weight is 445 g/mol. The van der Waals surface area contributed by atoms with Crippen molar-refractivity contribution in [1.29, 1.82) is 0 Å². The lowest BCUT2D eigenvalue weighted by atomic mass is 9.80. The number of hydrogen-bond acceptors (Lipinski definition) is 6. The maximum atomic E-state index is 5.63. The number of pyridine rings is 1. The molecule has 0 radical (unpaired) electrons. The first-order chi connectivity index (χ1) is 15.7. The number of hydrogen-bond donors (Lipinski definition) is 2. The number of ether oxygens (including phenoxy) is 2. The molecule has 2 N–H and O–H groups in total. The van der Waals surface area contributed by atoms with Gasteiger partial charge in [0.2, 0.25) is 0 Å². The molecule has 178 valence electrons. The molecule has 1 unspecified atom stereocenters. The molecule has 0 aromatic carbocycles. The van der Waals surface area contributed by atoms with Crippen LogP contribution in [0.3, 0.4) is 0 Å². The van der Waals surface area contributed by atoms with Gasteiger partial charge in [0.15, 0.2) is 5.96 Å². The first kappa shape index (κ1) is 23.3.